The Labute approximate surface area is 152 Å². The van der Waals surface area contributed by atoms with Gasteiger partial charge in [0.2, 0.25) is 0 Å². The maximum atomic E-state index is 11.6. The Morgan fingerprint density at radius 2 is 1.04 bits per heavy atom. The van der Waals surface area contributed by atoms with Gasteiger partial charge < -0.3 is 15.7 Å². The number of carboxylic acid groups (broad SMARTS) is 1. The van der Waals surface area contributed by atoms with Crippen molar-refractivity contribution in [1.82, 2.24) is 0 Å². The molecule has 3 aromatic rings. The van der Waals surface area contributed by atoms with Crippen LogP contribution in [0.3, 0.4) is 0 Å². The first-order valence-corrected chi connectivity index (χ1v) is 8.07. The molecule has 0 aromatic heterocycles. The SMILES string of the molecule is O=C(Nc1ccccc1)Nc1ccccc1.O=C(O)Cc1ccccc1. The highest BCUT2D eigenvalue weighted by Crippen LogP contribution is 2.08. The molecular weight excluding hydrogens is 328 g/mol. The van der Waals surface area contributed by atoms with E-state index in [2.05, 4.69) is 10.6 Å². The van der Waals surface area contributed by atoms with Gasteiger partial charge in [0.05, 0.1) is 6.42 Å². The number of hydrogen-bond donors (Lipinski definition) is 3. The van der Waals surface area contributed by atoms with Crippen molar-refractivity contribution in [3.8, 4) is 0 Å². The summed E-state index contributed by atoms with van der Waals surface area (Å²) in [5, 5.41) is 13.8. The van der Waals surface area contributed by atoms with Gasteiger partial charge in [0.15, 0.2) is 0 Å². The summed E-state index contributed by atoms with van der Waals surface area (Å²) in [6.45, 7) is 0. The van der Waals surface area contributed by atoms with Gasteiger partial charge >= 0.3 is 12.0 Å². The van der Waals surface area contributed by atoms with Gasteiger partial charge in [-0.15, -0.1) is 0 Å². The van der Waals surface area contributed by atoms with Gasteiger partial charge in [-0.25, -0.2) is 4.79 Å². The standard InChI is InChI=1S/C13H12N2O.C8H8O2/c16-13(14-11-7-3-1-4-8-11)15-12-9-5-2-6-10-12;9-8(10)6-7-4-2-1-3-5-7/h1-10H,(H2,14,15,16);1-5H,6H2,(H,9,10). The Morgan fingerprint density at radius 1 is 0.654 bits per heavy atom. The van der Waals surface area contributed by atoms with E-state index >= 15 is 0 Å². The lowest BCUT2D eigenvalue weighted by Crippen LogP contribution is -2.19. The number of rotatable bonds is 4. The van der Waals surface area contributed by atoms with Gasteiger partial charge in [0.25, 0.3) is 0 Å². The van der Waals surface area contributed by atoms with E-state index in [9.17, 15) is 9.59 Å². The van der Waals surface area contributed by atoms with Crippen molar-refractivity contribution >= 4 is 23.4 Å². The van der Waals surface area contributed by atoms with Crippen LogP contribution < -0.4 is 10.6 Å². The molecule has 3 N–H and O–H groups in total. The number of carbonyl (C=O) groups excluding carboxylic acids is 1. The summed E-state index contributed by atoms with van der Waals surface area (Å²) in [6, 6.07) is 27.5. The van der Waals surface area contributed by atoms with Gasteiger partial charge in [0.1, 0.15) is 0 Å². The van der Waals surface area contributed by atoms with Crippen molar-refractivity contribution in [2.24, 2.45) is 0 Å². The molecule has 0 saturated heterocycles. The molecule has 0 saturated carbocycles. The normalized spacial score (nSPS) is 9.38. The minimum absolute atomic E-state index is 0.112. The summed E-state index contributed by atoms with van der Waals surface area (Å²) in [5.41, 5.74) is 2.39. The minimum atomic E-state index is -0.786. The smallest absolute Gasteiger partial charge is 0.323 e. The van der Waals surface area contributed by atoms with Crippen molar-refractivity contribution < 1.29 is 14.7 Å². The second kappa shape index (κ2) is 10.3. The van der Waals surface area contributed by atoms with Gasteiger partial charge in [-0.05, 0) is 29.8 Å². The molecule has 3 rings (SSSR count). The first-order chi connectivity index (χ1) is 12.6. The molecular formula is C21H20N2O3. The van der Waals surface area contributed by atoms with Gasteiger partial charge in [-0.3, -0.25) is 4.79 Å². The third-order valence-corrected chi connectivity index (χ3v) is 3.26. The molecule has 3 aromatic carbocycles. The Bertz CT molecular complexity index is 763. The molecule has 0 aliphatic rings. The number of carboxylic acids is 1. The average molecular weight is 348 g/mol. The van der Waals surface area contributed by atoms with Crippen molar-refractivity contribution in [1.29, 1.82) is 0 Å². The van der Waals surface area contributed by atoms with E-state index < -0.39 is 5.97 Å². The zero-order valence-electron chi connectivity index (χ0n) is 14.1. The molecule has 0 spiro atoms. The summed E-state index contributed by atoms with van der Waals surface area (Å²) in [5.74, 6) is -0.786. The molecule has 2 amide bonds. The number of anilines is 2. The highest BCUT2D eigenvalue weighted by molar-refractivity contribution is 5.99. The van der Waals surface area contributed by atoms with E-state index in [0.717, 1.165) is 16.9 Å². The van der Waals surface area contributed by atoms with Crippen LogP contribution in [-0.4, -0.2) is 17.1 Å². The van der Waals surface area contributed by atoms with Crippen molar-refractivity contribution in [3.63, 3.8) is 0 Å². The number of carbonyl (C=O) groups is 2. The molecule has 0 aliphatic heterocycles. The van der Waals surface area contributed by atoms with Crippen LogP contribution >= 0.6 is 0 Å². The van der Waals surface area contributed by atoms with Gasteiger partial charge in [-0.1, -0.05) is 66.7 Å². The lowest BCUT2D eigenvalue weighted by molar-refractivity contribution is -0.136. The first kappa shape index (κ1) is 18.7. The van der Waals surface area contributed by atoms with Crippen molar-refractivity contribution in [2.45, 2.75) is 6.42 Å². The fourth-order valence-corrected chi connectivity index (χ4v) is 2.11. The molecule has 0 heterocycles. The highest BCUT2D eigenvalue weighted by Gasteiger charge is 2.00. The summed E-state index contributed by atoms with van der Waals surface area (Å²) < 4.78 is 0. The number of benzene rings is 3. The predicted octanol–water partition coefficient (Wildman–Crippen LogP) is 4.64. The fraction of sp³-hybridized carbons (Fsp3) is 0.0476. The molecule has 0 fully saturated rings. The van der Waals surface area contributed by atoms with Crippen LogP contribution in [-0.2, 0) is 11.2 Å². The molecule has 0 atom stereocenters. The van der Waals surface area contributed by atoms with Gasteiger partial charge in [0, 0.05) is 11.4 Å². The highest BCUT2D eigenvalue weighted by atomic mass is 16.4. The van der Waals surface area contributed by atoms with E-state index in [1.54, 1.807) is 12.1 Å². The van der Waals surface area contributed by atoms with Crippen LogP contribution in [0.4, 0.5) is 16.2 Å². The molecule has 0 bridgehead atoms. The summed E-state index contributed by atoms with van der Waals surface area (Å²) >= 11 is 0. The van der Waals surface area contributed by atoms with E-state index in [1.807, 2.05) is 78.9 Å². The Kier molecular flexibility index (Phi) is 7.42. The number of amides is 2. The van der Waals surface area contributed by atoms with Crippen molar-refractivity contribution in [3.05, 3.63) is 96.6 Å². The van der Waals surface area contributed by atoms with E-state index in [0.29, 0.717) is 0 Å². The lowest BCUT2D eigenvalue weighted by atomic mass is 10.2. The Balaban J connectivity index is 0.000000209. The third-order valence-electron chi connectivity index (χ3n) is 3.26. The monoisotopic (exact) mass is 348 g/mol. The first-order valence-electron chi connectivity index (χ1n) is 8.07. The zero-order chi connectivity index (χ0) is 18.6. The number of para-hydroxylation sites is 2. The Hall–Kier alpha value is -3.60. The predicted molar refractivity (Wildman–Crippen MR) is 103 cm³/mol. The fourth-order valence-electron chi connectivity index (χ4n) is 2.11. The van der Waals surface area contributed by atoms with E-state index in [-0.39, 0.29) is 12.5 Å². The zero-order valence-corrected chi connectivity index (χ0v) is 14.1. The van der Waals surface area contributed by atoms with Gasteiger partial charge in [-0.2, -0.15) is 0 Å². The molecule has 5 heteroatoms. The second-order valence-electron chi connectivity index (χ2n) is 5.37. The Morgan fingerprint density at radius 3 is 1.42 bits per heavy atom. The van der Waals surface area contributed by atoms with E-state index in [4.69, 9.17) is 5.11 Å². The molecule has 0 unspecified atom stereocenters. The largest absolute Gasteiger partial charge is 0.481 e. The summed E-state index contributed by atoms with van der Waals surface area (Å²) in [4.78, 5) is 21.7. The van der Waals surface area contributed by atoms with Crippen LogP contribution in [0, 0.1) is 0 Å². The van der Waals surface area contributed by atoms with Crippen LogP contribution in [0.2, 0.25) is 0 Å². The quantitative estimate of drug-likeness (QED) is 0.642. The molecule has 0 aliphatic carbocycles. The maximum absolute atomic E-state index is 11.6. The minimum Gasteiger partial charge on any atom is -0.481 e. The topological polar surface area (TPSA) is 78.4 Å². The maximum Gasteiger partial charge on any atom is 0.323 e. The number of hydrogen-bond acceptors (Lipinski definition) is 2. The van der Waals surface area contributed by atoms with Crippen LogP contribution in [0.1, 0.15) is 5.56 Å². The summed E-state index contributed by atoms with van der Waals surface area (Å²) in [6.07, 6.45) is 0.112. The molecule has 0 radical (unpaired) electrons. The average Bonchev–Trinajstić information content (AvgIpc) is 2.64. The molecule has 26 heavy (non-hydrogen) atoms. The van der Waals surface area contributed by atoms with Crippen LogP contribution in [0.15, 0.2) is 91.0 Å². The molecule has 5 nitrogen and oxygen atoms in total. The van der Waals surface area contributed by atoms with Crippen LogP contribution in [0.5, 0.6) is 0 Å². The van der Waals surface area contributed by atoms with Crippen molar-refractivity contribution in [2.75, 3.05) is 10.6 Å². The second-order valence-corrected chi connectivity index (χ2v) is 5.37. The van der Waals surface area contributed by atoms with Crippen LogP contribution in [0.25, 0.3) is 0 Å². The number of nitrogens with one attached hydrogen (secondary N) is 2. The summed E-state index contributed by atoms with van der Waals surface area (Å²) in [7, 11) is 0. The lowest BCUT2D eigenvalue weighted by Gasteiger charge is -2.06. The molecule has 132 valence electrons. The van der Waals surface area contributed by atoms with E-state index in [1.165, 1.54) is 0 Å². The number of aliphatic carboxylic acids is 1. The number of urea groups is 1. The third kappa shape index (κ3) is 7.31.